The molecule has 0 radical (unpaired) electrons. The van der Waals surface area contributed by atoms with Crippen LogP contribution in [0, 0.1) is 18.8 Å². The minimum Gasteiger partial charge on any atom is -0.313 e. The summed E-state index contributed by atoms with van der Waals surface area (Å²) in [6.45, 7) is 2.14. The smallest absolute Gasteiger partial charge is 0.313 e. The molecular formula is C18H12F2IN5O2. The van der Waals surface area contributed by atoms with E-state index in [9.17, 15) is 18.4 Å². The van der Waals surface area contributed by atoms with Gasteiger partial charge in [-0.1, -0.05) is 29.8 Å². The van der Waals surface area contributed by atoms with Crippen LogP contribution in [0.3, 0.4) is 0 Å². The average Bonchev–Trinajstić information content (AvgIpc) is 3.01. The first kappa shape index (κ1) is 18.5. The van der Waals surface area contributed by atoms with Crippen molar-refractivity contribution in [3.63, 3.8) is 0 Å². The Kier molecular flexibility index (Phi) is 4.57. The lowest BCUT2D eigenvalue weighted by molar-refractivity contribution is 0.514. The summed E-state index contributed by atoms with van der Waals surface area (Å²) >= 11 is 1.71. The molecule has 0 spiro atoms. The predicted octanol–water partition coefficient (Wildman–Crippen LogP) is 2.78. The van der Waals surface area contributed by atoms with Crippen molar-refractivity contribution in [1.82, 2.24) is 22.3 Å². The normalized spacial score (nSPS) is 11.3. The fourth-order valence-corrected chi connectivity index (χ4v) is 3.37. The molecular weight excluding hydrogens is 483 g/mol. The highest BCUT2D eigenvalue weighted by Gasteiger charge is 2.22. The highest BCUT2D eigenvalue weighted by molar-refractivity contribution is 14.1. The summed E-state index contributed by atoms with van der Waals surface area (Å²) in [5, 5.41) is 0. The van der Waals surface area contributed by atoms with E-state index in [2.05, 4.69) is 15.0 Å². The zero-order valence-corrected chi connectivity index (χ0v) is 16.6. The Bertz CT molecular complexity index is 1330. The van der Waals surface area contributed by atoms with Crippen LogP contribution in [0.1, 0.15) is 11.1 Å². The lowest BCUT2D eigenvalue weighted by Gasteiger charge is -2.10. The fourth-order valence-electron chi connectivity index (χ4n) is 2.92. The fraction of sp³-hybridized carbons (Fsp3) is 0.111. The standard InChI is InChI=1S/C18H12F2IN5O2/c1-9-2-4-10(5-3-9)8-25-13-16(26(21)18(28)24-17(13)27)23-15(25)11-6-7-12(19)22-14(11)20/h2-7H,8H2,1H3,(H,24,27,28). The number of hydrogen-bond donors (Lipinski definition) is 1. The zero-order chi connectivity index (χ0) is 20.0. The van der Waals surface area contributed by atoms with E-state index in [4.69, 9.17) is 0 Å². The van der Waals surface area contributed by atoms with Crippen LogP contribution in [0.5, 0.6) is 0 Å². The number of pyridine rings is 1. The molecule has 4 rings (SSSR count). The van der Waals surface area contributed by atoms with Crippen LogP contribution in [0.15, 0.2) is 46.0 Å². The van der Waals surface area contributed by atoms with Gasteiger partial charge in [0, 0.05) is 6.54 Å². The molecule has 0 aliphatic carbocycles. The molecule has 0 amide bonds. The van der Waals surface area contributed by atoms with Gasteiger partial charge in [0.15, 0.2) is 11.2 Å². The van der Waals surface area contributed by atoms with E-state index in [-0.39, 0.29) is 29.1 Å². The van der Waals surface area contributed by atoms with Crippen LogP contribution in [0.2, 0.25) is 0 Å². The Morgan fingerprint density at radius 1 is 1.07 bits per heavy atom. The predicted molar refractivity (Wildman–Crippen MR) is 107 cm³/mol. The van der Waals surface area contributed by atoms with Crippen molar-refractivity contribution in [3.05, 3.63) is 80.3 Å². The van der Waals surface area contributed by atoms with Crippen molar-refractivity contribution in [1.29, 1.82) is 0 Å². The minimum absolute atomic E-state index is 0.0714. The number of hydrogen-bond acceptors (Lipinski definition) is 4. The van der Waals surface area contributed by atoms with Crippen LogP contribution in [-0.4, -0.2) is 22.3 Å². The number of aromatic nitrogens is 5. The molecule has 3 heterocycles. The maximum absolute atomic E-state index is 14.4. The third kappa shape index (κ3) is 3.13. The Balaban J connectivity index is 2.04. The van der Waals surface area contributed by atoms with E-state index >= 15 is 0 Å². The first-order valence-electron chi connectivity index (χ1n) is 8.15. The van der Waals surface area contributed by atoms with Gasteiger partial charge in [-0.25, -0.2) is 12.6 Å². The van der Waals surface area contributed by atoms with E-state index in [1.165, 1.54) is 10.6 Å². The van der Waals surface area contributed by atoms with Gasteiger partial charge < -0.3 is 4.57 Å². The SMILES string of the molecule is Cc1ccc(Cn2c(-c3ccc(F)nc3F)nc3c2c(=O)[nH]c(=O)n3I)cc1. The molecule has 4 aromatic rings. The van der Waals surface area contributed by atoms with Crippen molar-refractivity contribution < 1.29 is 8.78 Å². The maximum atomic E-state index is 14.4. The van der Waals surface area contributed by atoms with Gasteiger partial charge in [-0.15, -0.1) is 0 Å². The van der Waals surface area contributed by atoms with Gasteiger partial charge in [0.05, 0.1) is 28.4 Å². The van der Waals surface area contributed by atoms with Gasteiger partial charge in [-0.2, -0.15) is 13.8 Å². The summed E-state index contributed by atoms with van der Waals surface area (Å²) < 4.78 is 30.2. The summed E-state index contributed by atoms with van der Waals surface area (Å²) in [6, 6.07) is 9.78. The van der Waals surface area contributed by atoms with Gasteiger partial charge in [0.1, 0.15) is 5.82 Å². The molecule has 142 valence electrons. The Labute approximate surface area is 170 Å². The summed E-state index contributed by atoms with van der Waals surface area (Å²) in [4.78, 5) is 34.2. The summed E-state index contributed by atoms with van der Waals surface area (Å²) in [6.07, 6.45) is 0. The summed E-state index contributed by atoms with van der Waals surface area (Å²) in [5.74, 6) is -1.95. The number of aryl methyl sites for hydroxylation is 1. The number of imidazole rings is 1. The van der Waals surface area contributed by atoms with E-state index in [0.29, 0.717) is 0 Å². The van der Waals surface area contributed by atoms with Crippen LogP contribution in [-0.2, 0) is 6.54 Å². The van der Waals surface area contributed by atoms with Crippen molar-refractivity contribution in [3.8, 4) is 11.4 Å². The third-order valence-electron chi connectivity index (χ3n) is 4.27. The number of fused-ring (bicyclic) bond motifs is 1. The van der Waals surface area contributed by atoms with Crippen LogP contribution >= 0.6 is 22.9 Å². The second-order valence-electron chi connectivity index (χ2n) is 6.19. The molecule has 0 aliphatic heterocycles. The highest BCUT2D eigenvalue weighted by atomic mass is 127. The number of nitrogens with zero attached hydrogens (tertiary/aromatic N) is 4. The van der Waals surface area contributed by atoms with Gasteiger partial charge in [0.25, 0.3) is 5.56 Å². The minimum atomic E-state index is -1.06. The lowest BCUT2D eigenvalue weighted by Crippen LogP contribution is -2.27. The molecule has 1 aromatic carbocycles. The van der Waals surface area contributed by atoms with Crippen molar-refractivity contribution >= 4 is 34.0 Å². The molecule has 10 heteroatoms. The third-order valence-corrected chi connectivity index (χ3v) is 5.16. The molecule has 0 saturated heterocycles. The molecule has 3 aromatic heterocycles. The Hall–Kier alpha value is -2.89. The molecule has 0 unspecified atom stereocenters. The van der Waals surface area contributed by atoms with Gasteiger partial charge in [0.2, 0.25) is 11.9 Å². The largest absolute Gasteiger partial charge is 0.339 e. The number of aromatic amines is 1. The maximum Gasteiger partial charge on any atom is 0.339 e. The summed E-state index contributed by atoms with van der Waals surface area (Å²) in [5.41, 5.74) is 0.720. The molecule has 1 N–H and O–H groups in total. The van der Waals surface area contributed by atoms with Gasteiger partial charge in [-0.05, 0) is 24.6 Å². The quantitative estimate of drug-likeness (QED) is 0.350. The number of halogens is 3. The van der Waals surface area contributed by atoms with Gasteiger partial charge in [-0.3, -0.25) is 9.78 Å². The number of nitrogens with one attached hydrogen (secondary N) is 1. The molecule has 7 nitrogen and oxygen atoms in total. The Morgan fingerprint density at radius 2 is 1.79 bits per heavy atom. The van der Waals surface area contributed by atoms with Crippen LogP contribution in [0.25, 0.3) is 22.6 Å². The monoisotopic (exact) mass is 495 g/mol. The second-order valence-corrected chi connectivity index (χ2v) is 7.16. The van der Waals surface area contributed by atoms with E-state index in [1.807, 2.05) is 31.2 Å². The molecule has 28 heavy (non-hydrogen) atoms. The molecule has 0 fully saturated rings. The Morgan fingerprint density at radius 3 is 2.46 bits per heavy atom. The lowest BCUT2D eigenvalue weighted by atomic mass is 10.1. The molecule has 0 atom stereocenters. The van der Waals surface area contributed by atoms with Crippen LogP contribution < -0.4 is 11.2 Å². The molecule has 0 aliphatic rings. The number of rotatable bonds is 3. The molecule has 0 saturated carbocycles. The number of benzene rings is 1. The first-order chi connectivity index (χ1) is 13.3. The summed E-state index contributed by atoms with van der Waals surface area (Å²) in [7, 11) is 0. The topological polar surface area (TPSA) is 85.6 Å². The number of H-pyrrole nitrogens is 1. The zero-order valence-electron chi connectivity index (χ0n) is 14.4. The van der Waals surface area contributed by atoms with E-state index in [1.54, 1.807) is 22.9 Å². The van der Waals surface area contributed by atoms with Crippen molar-refractivity contribution in [2.24, 2.45) is 0 Å². The van der Waals surface area contributed by atoms with E-state index < -0.39 is 23.1 Å². The van der Waals surface area contributed by atoms with Crippen molar-refractivity contribution in [2.75, 3.05) is 0 Å². The molecule has 0 bridgehead atoms. The average molecular weight is 495 g/mol. The van der Waals surface area contributed by atoms with Gasteiger partial charge >= 0.3 is 5.69 Å². The van der Waals surface area contributed by atoms with Crippen LogP contribution in [0.4, 0.5) is 8.78 Å². The van der Waals surface area contributed by atoms with Crippen molar-refractivity contribution in [2.45, 2.75) is 13.5 Å². The highest BCUT2D eigenvalue weighted by Crippen LogP contribution is 2.26. The first-order valence-corrected chi connectivity index (χ1v) is 9.11. The van der Waals surface area contributed by atoms with E-state index in [0.717, 1.165) is 20.0 Å². The second kappa shape index (κ2) is 6.93.